The van der Waals surface area contributed by atoms with Gasteiger partial charge >= 0.3 is 0 Å². The Morgan fingerprint density at radius 1 is 1.19 bits per heavy atom. The number of hydrogen-bond acceptors (Lipinski definition) is 3. The zero-order chi connectivity index (χ0) is 14.8. The second-order valence-corrected chi connectivity index (χ2v) is 5.07. The van der Waals surface area contributed by atoms with Crippen LogP contribution in [0.1, 0.15) is 22.8 Å². The van der Waals surface area contributed by atoms with Crippen LogP contribution in [0.2, 0.25) is 0 Å². The molecule has 3 rings (SSSR count). The number of imidazole rings is 1. The Kier molecular flexibility index (Phi) is 3.59. The third-order valence-corrected chi connectivity index (χ3v) is 3.60. The molecule has 0 radical (unpaired) electrons. The summed E-state index contributed by atoms with van der Waals surface area (Å²) in [6.45, 7) is 2.56. The summed E-state index contributed by atoms with van der Waals surface area (Å²) >= 11 is 6.01. The third kappa shape index (κ3) is 2.48. The number of alkyl halides is 1. The van der Waals surface area contributed by atoms with Gasteiger partial charge in [0.05, 0.1) is 29.2 Å². The smallest absolute Gasteiger partial charge is 0.125 e. The molecular formula is C16H13ClN4. The van der Waals surface area contributed by atoms with Crippen molar-refractivity contribution in [3.63, 3.8) is 0 Å². The molecule has 0 spiro atoms. The molecule has 0 aliphatic carbocycles. The number of nitriles is 1. The first kappa shape index (κ1) is 13.6. The van der Waals surface area contributed by atoms with E-state index in [0.29, 0.717) is 23.5 Å². The molecule has 0 bridgehead atoms. The summed E-state index contributed by atoms with van der Waals surface area (Å²) in [5.41, 5.74) is 4.09. The monoisotopic (exact) mass is 296 g/mol. The Morgan fingerprint density at radius 3 is 2.71 bits per heavy atom. The lowest BCUT2D eigenvalue weighted by Gasteiger charge is -2.08. The van der Waals surface area contributed by atoms with Crippen molar-refractivity contribution in [3.8, 4) is 6.07 Å². The molecule has 0 aliphatic rings. The van der Waals surface area contributed by atoms with Crippen LogP contribution in [0.4, 0.5) is 0 Å². The maximum Gasteiger partial charge on any atom is 0.125 e. The summed E-state index contributed by atoms with van der Waals surface area (Å²) < 4.78 is 2.02. The summed E-state index contributed by atoms with van der Waals surface area (Å²) in [7, 11) is 0. The summed E-state index contributed by atoms with van der Waals surface area (Å²) in [6, 6.07) is 13.7. The minimum absolute atomic E-state index is 0.297. The van der Waals surface area contributed by atoms with Gasteiger partial charge in [0.15, 0.2) is 0 Å². The predicted octanol–water partition coefficient (Wildman–Crippen LogP) is 3.40. The lowest BCUT2D eigenvalue weighted by molar-refractivity contribution is 0.755. The lowest BCUT2D eigenvalue weighted by atomic mass is 10.2. The number of hydrogen-bond donors (Lipinski definition) is 0. The van der Waals surface area contributed by atoms with Crippen LogP contribution in [-0.2, 0) is 12.4 Å². The second-order valence-electron chi connectivity index (χ2n) is 4.80. The molecule has 5 heteroatoms. The van der Waals surface area contributed by atoms with Crippen molar-refractivity contribution >= 4 is 22.6 Å². The molecule has 2 heterocycles. The van der Waals surface area contributed by atoms with Crippen LogP contribution < -0.4 is 0 Å². The van der Waals surface area contributed by atoms with Crippen LogP contribution in [0.25, 0.3) is 11.0 Å². The predicted molar refractivity (Wildman–Crippen MR) is 82.1 cm³/mol. The van der Waals surface area contributed by atoms with E-state index in [-0.39, 0.29) is 0 Å². The van der Waals surface area contributed by atoms with E-state index in [0.717, 1.165) is 22.7 Å². The van der Waals surface area contributed by atoms with Crippen LogP contribution in [0.5, 0.6) is 0 Å². The molecule has 4 nitrogen and oxygen atoms in total. The number of fused-ring (bicyclic) bond motifs is 1. The maximum atomic E-state index is 9.19. The Morgan fingerprint density at radius 2 is 2.00 bits per heavy atom. The number of halogens is 1. The topological polar surface area (TPSA) is 54.5 Å². The van der Waals surface area contributed by atoms with Crippen molar-refractivity contribution in [1.82, 2.24) is 14.5 Å². The normalized spacial score (nSPS) is 10.7. The molecule has 0 amide bonds. The summed E-state index contributed by atoms with van der Waals surface area (Å²) in [5.74, 6) is 1.04. The van der Waals surface area contributed by atoms with Gasteiger partial charge in [0.25, 0.3) is 0 Å². The minimum Gasteiger partial charge on any atom is -0.321 e. The zero-order valence-electron chi connectivity index (χ0n) is 11.5. The number of aryl methyl sites for hydroxylation is 1. The van der Waals surface area contributed by atoms with Gasteiger partial charge in [0.2, 0.25) is 0 Å². The molecule has 2 aromatic heterocycles. The first-order chi connectivity index (χ1) is 10.2. The highest BCUT2D eigenvalue weighted by molar-refractivity contribution is 6.16. The van der Waals surface area contributed by atoms with Crippen molar-refractivity contribution in [1.29, 1.82) is 5.26 Å². The number of rotatable bonds is 3. The molecule has 104 valence electrons. The molecular weight excluding hydrogens is 284 g/mol. The minimum atomic E-state index is 0.297. The zero-order valence-corrected chi connectivity index (χ0v) is 12.3. The van der Waals surface area contributed by atoms with Crippen LogP contribution in [-0.4, -0.2) is 14.5 Å². The number of aromatic nitrogens is 3. The summed E-state index contributed by atoms with van der Waals surface area (Å²) in [6.07, 6.45) is 0. The summed E-state index contributed by atoms with van der Waals surface area (Å²) in [5, 5.41) is 9.19. The van der Waals surface area contributed by atoms with Crippen molar-refractivity contribution in [2.45, 2.75) is 19.3 Å². The number of nitrogens with zero attached hydrogens (tertiary/aromatic N) is 4. The third-order valence-electron chi connectivity index (χ3n) is 3.36. The van der Waals surface area contributed by atoms with Crippen LogP contribution >= 0.6 is 11.6 Å². The van der Waals surface area contributed by atoms with Crippen molar-refractivity contribution in [3.05, 3.63) is 59.2 Å². The van der Waals surface area contributed by atoms with Gasteiger partial charge in [-0.15, -0.1) is 11.6 Å². The van der Waals surface area contributed by atoms with Crippen molar-refractivity contribution < 1.29 is 0 Å². The van der Waals surface area contributed by atoms with Gasteiger partial charge in [-0.1, -0.05) is 12.1 Å². The van der Waals surface area contributed by atoms with Gasteiger partial charge in [-0.2, -0.15) is 5.26 Å². The lowest BCUT2D eigenvalue weighted by Crippen LogP contribution is -2.05. The summed E-state index contributed by atoms with van der Waals surface area (Å²) in [4.78, 5) is 9.02. The van der Waals surface area contributed by atoms with Gasteiger partial charge < -0.3 is 4.57 Å². The highest BCUT2D eigenvalue weighted by Gasteiger charge is 2.13. The average Bonchev–Trinajstić information content (AvgIpc) is 2.85. The van der Waals surface area contributed by atoms with E-state index in [4.69, 9.17) is 11.6 Å². The molecule has 3 aromatic rings. The highest BCUT2D eigenvalue weighted by Crippen LogP contribution is 2.22. The van der Waals surface area contributed by atoms with E-state index < -0.39 is 0 Å². The Bertz CT molecular complexity index is 845. The quantitative estimate of drug-likeness (QED) is 0.696. The van der Waals surface area contributed by atoms with Gasteiger partial charge in [-0.05, 0) is 31.2 Å². The molecule has 21 heavy (non-hydrogen) atoms. The fourth-order valence-electron chi connectivity index (χ4n) is 2.41. The molecule has 1 aromatic carbocycles. The highest BCUT2D eigenvalue weighted by atomic mass is 35.5. The van der Waals surface area contributed by atoms with Gasteiger partial charge in [-0.25, -0.2) is 4.98 Å². The van der Waals surface area contributed by atoms with Crippen LogP contribution in [0, 0.1) is 18.3 Å². The van der Waals surface area contributed by atoms with E-state index in [1.54, 1.807) is 6.07 Å². The molecule has 0 aliphatic heterocycles. The fourth-order valence-corrected chi connectivity index (χ4v) is 2.62. The molecule has 0 saturated carbocycles. The van der Waals surface area contributed by atoms with Gasteiger partial charge in [0, 0.05) is 5.69 Å². The van der Waals surface area contributed by atoms with E-state index in [9.17, 15) is 5.26 Å². The molecule has 0 unspecified atom stereocenters. The molecule has 0 atom stereocenters. The molecule has 0 fully saturated rings. The Labute approximate surface area is 127 Å². The van der Waals surface area contributed by atoms with Gasteiger partial charge in [-0.3, -0.25) is 4.98 Å². The van der Waals surface area contributed by atoms with Crippen molar-refractivity contribution in [2.75, 3.05) is 0 Å². The number of para-hydroxylation sites is 1. The average molecular weight is 297 g/mol. The largest absolute Gasteiger partial charge is 0.321 e. The van der Waals surface area contributed by atoms with Crippen molar-refractivity contribution in [2.24, 2.45) is 0 Å². The van der Waals surface area contributed by atoms with Gasteiger partial charge in [0.1, 0.15) is 17.4 Å². The first-order valence-electron chi connectivity index (χ1n) is 6.59. The molecule has 0 saturated heterocycles. The van der Waals surface area contributed by atoms with E-state index in [1.807, 2.05) is 41.8 Å². The number of benzene rings is 1. The SMILES string of the molecule is Cc1cccc(Cn2c(CCl)nc3c(C#N)cccc32)n1. The molecule has 0 N–H and O–H groups in total. The Hall–Kier alpha value is -2.38. The number of pyridine rings is 1. The fraction of sp³-hybridized carbons (Fsp3) is 0.188. The van der Waals surface area contributed by atoms with E-state index >= 15 is 0 Å². The second kappa shape index (κ2) is 5.55. The van der Waals surface area contributed by atoms with Crippen LogP contribution in [0.3, 0.4) is 0 Å². The van der Waals surface area contributed by atoms with E-state index in [2.05, 4.69) is 16.0 Å². The maximum absolute atomic E-state index is 9.19. The first-order valence-corrected chi connectivity index (χ1v) is 7.13. The van der Waals surface area contributed by atoms with Crippen LogP contribution in [0.15, 0.2) is 36.4 Å². The Balaban J connectivity index is 2.15. The van der Waals surface area contributed by atoms with E-state index in [1.165, 1.54) is 0 Å². The standard InChI is InChI=1S/C16H13ClN4/c1-11-4-2-6-13(19-11)10-21-14-7-3-5-12(9-18)16(14)20-15(21)8-17/h2-7H,8,10H2,1H3.